The van der Waals surface area contributed by atoms with Gasteiger partial charge < -0.3 is 4.74 Å². The summed E-state index contributed by atoms with van der Waals surface area (Å²) >= 11 is 0. The van der Waals surface area contributed by atoms with Gasteiger partial charge in [0.2, 0.25) is 0 Å². The number of para-hydroxylation sites is 1. The Morgan fingerprint density at radius 3 is 2.03 bits per heavy atom. The van der Waals surface area contributed by atoms with E-state index >= 15 is 0 Å². The third-order valence-corrected chi connectivity index (χ3v) is 7.15. The van der Waals surface area contributed by atoms with E-state index in [0.717, 1.165) is 25.0 Å². The summed E-state index contributed by atoms with van der Waals surface area (Å²) in [5.74, 6) is 1.08. The van der Waals surface area contributed by atoms with Crippen LogP contribution in [0.4, 0.5) is 0 Å². The van der Waals surface area contributed by atoms with Gasteiger partial charge in [-0.05, 0) is 24.5 Å². The molecule has 5 rings (SSSR count). The minimum atomic E-state index is -0.297. The molecule has 0 unspecified atom stereocenters. The third-order valence-electron chi connectivity index (χ3n) is 7.15. The average Bonchev–Trinajstić information content (AvgIpc) is 3.24. The lowest BCUT2D eigenvalue weighted by Crippen LogP contribution is -2.53. The molecule has 2 aliphatic heterocycles. The van der Waals surface area contributed by atoms with Crippen molar-refractivity contribution in [3.05, 3.63) is 65.7 Å². The fourth-order valence-electron chi connectivity index (χ4n) is 5.53. The SMILES string of the molecule is c1ccc(C2=NN3[C@H](C2)c2ccccc2OC32CCCCCCCCCCC2)cc1. The molecule has 3 aliphatic rings. The highest BCUT2D eigenvalue weighted by Crippen LogP contribution is 2.50. The second-order valence-electron chi connectivity index (χ2n) is 9.25. The molecule has 2 aromatic rings. The molecule has 30 heavy (non-hydrogen) atoms. The largest absolute Gasteiger partial charge is 0.466 e. The zero-order chi connectivity index (χ0) is 20.2. The summed E-state index contributed by atoms with van der Waals surface area (Å²) in [7, 11) is 0. The highest BCUT2D eigenvalue weighted by atomic mass is 16.5. The first-order chi connectivity index (χ1) is 14.9. The standard InChI is InChI=1S/C27H34N2O/c1-2-4-6-13-19-27(20-14-7-5-3-1)29-25(23-17-11-12-18-26(23)30-27)21-24(28-29)22-15-9-8-10-16-22/h8-12,15-18,25H,1-7,13-14,19-21H2/t25-/m1/s1. The Labute approximate surface area is 181 Å². The first-order valence-corrected chi connectivity index (χ1v) is 12.1. The maximum absolute atomic E-state index is 6.88. The topological polar surface area (TPSA) is 24.8 Å². The number of hydrazone groups is 1. The molecule has 0 N–H and O–H groups in total. The summed E-state index contributed by atoms with van der Waals surface area (Å²) in [4.78, 5) is 0. The fourth-order valence-corrected chi connectivity index (χ4v) is 5.53. The minimum Gasteiger partial charge on any atom is -0.466 e. The maximum Gasteiger partial charge on any atom is 0.198 e. The average molecular weight is 403 g/mol. The monoisotopic (exact) mass is 402 g/mol. The number of ether oxygens (including phenoxy) is 1. The molecule has 1 fully saturated rings. The van der Waals surface area contributed by atoms with E-state index in [9.17, 15) is 0 Å². The molecule has 0 saturated heterocycles. The van der Waals surface area contributed by atoms with Gasteiger partial charge in [0.15, 0.2) is 5.72 Å². The van der Waals surface area contributed by atoms with E-state index in [4.69, 9.17) is 9.84 Å². The first kappa shape index (κ1) is 19.7. The van der Waals surface area contributed by atoms with Crippen molar-refractivity contribution < 1.29 is 4.74 Å². The first-order valence-electron chi connectivity index (χ1n) is 12.1. The predicted molar refractivity (Wildman–Crippen MR) is 123 cm³/mol. The van der Waals surface area contributed by atoms with Crippen molar-refractivity contribution in [3.63, 3.8) is 0 Å². The number of hydrogen-bond acceptors (Lipinski definition) is 3. The van der Waals surface area contributed by atoms with Crippen LogP contribution in [0.5, 0.6) is 5.75 Å². The van der Waals surface area contributed by atoms with Gasteiger partial charge in [-0.25, -0.2) is 5.01 Å². The molecule has 1 aliphatic carbocycles. The lowest BCUT2D eigenvalue weighted by atomic mass is 9.89. The van der Waals surface area contributed by atoms with Gasteiger partial charge in [-0.15, -0.1) is 0 Å². The molecule has 2 heterocycles. The lowest BCUT2D eigenvalue weighted by Gasteiger charge is -2.48. The van der Waals surface area contributed by atoms with Gasteiger partial charge in [0, 0.05) is 24.8 Å². The molecule has 0 bridgehead atoms. The summed E-state index contributed by atoms with van der Waals surface area (Å²) in [5.41, 5.74) is 3.44. The summed E-state index contributed by atoms with van der Waals surface area (Å²) in [5, 5.41) is 7.63. The molecule has 0 radical (unpaired) electrons. The van der Waals surface area contributed by atoms with Crippen LogP contribution in [0.3, 0.4) is 0 Å². The normalized spacial score (nSPS) is 24.1. The van der Waals surface area contributed by atoms with Gasteiger partial charge in [-0.3, -0.25) is 0 Å². The molecule has 0 aromatic heterocycles. The van der Waals surface area contributed by atoms with E-state index in [1.807, 2.05) is 0 Å². The molecule has 1 spiro atoms. The van der Waals surface area contributed by atoms with Crippen LogP contribution < -0.4 is 4.74 Å². The highest BCUT2D eigenvalue weighted by molar-refractivity contribution is 6.01. The minimum absolute atomic E-state index is 0.290. The van der Waals surface area contributed by atoms with E-state index in [-0.39, 0.29) is 11.8 Å². The molecular formula is C27H34N2O. The zero-order valence-corrected chi connectivity index (χ0v) is 18.1. The van der Waals surface area contributed by atoms with Crippen LogP contribution >= 0.6 is 0 Å². The van der Waals surface area contributed by atoms with Gasteiger partial charge in [-0.2, -0.15) is 5.10 Å². The Morgan fingerprint density at radius 2 is 1.33 bits per heavy atom. The Balaban J connectivity index is 1.51. The van der Waals surface area contributed by atoms with E-state index in [2.05, 4.69) is 59.6 Å². The van der Waals surface area contributed by atoms with Gasteiger partial charge in [0.1, 0.15) is 5.75 Å². The second-order valence-corrected chi connectivity index (χ2v) is 9.25. The van der Waals surface area contributed by atoms with Crippen molar-refractivity contribution in [1.82, 2.24) is 5.01 Å². The Morgan fingerprint density at radius 1 is 0.733 bits per heavy atom. The number of hydrogen-bond donors (Lipinski definition) is 0. The number of benzene rings is 2. The molecule has 0 amide bonds. The van der Waals surface area contributed by atoms with E-state index in [1.54, 1.807) is 0 Å². The molecule has 158 valence electrons. The quantitative estimate of drug-likeness (QED) is 0.502. The smallest absolute Gasteiger partial charge is 0.198 e. The Hall–Kier alpha value is -2.29. The van der Waals surface area contributed by atoms with Crippen LogP contribution in [-0.2, 0) is 0 Å². The van der Waals surface area contributed by atoms with Crippen molar-refractivity contribution in [3.8, 4) is 5.75 Å². The van der Waals surface area contributed by atoms with Crippen LogP contribution in [0.2, 0.25) is 0 Å². The van der Waals surface area contributed by atoms with E-state index in [0.29, 0.717) is 0 Å². The molecule has 1 atom stereocenters. The number of fused-ring (bicyclic) bond motifs is 4. The van der Waals surface area contributed by atoms with E-state index in [1.165, 1.54) is 74.6 Å². The van der Waals surface area contributed by atoms with Gasteiger partial charge in [-0.1, -0.05) is 93.5 Å². The Kier molecular flexibility index (Phi) is 5.79. The lowest BCUT2D eigenvalue weighted by molar-refractivity contribution is -0.132. The molecule has 1 saturated carbocycles. The Bertz CT molecular complexity index is 863. The molecule has 2 aromatic carbocycles. The summed E-state index contributed by atoms with van der Waals surface area (Å²) in [6.45, 7) is 0. The van der Waals surface area contributed by atoms with Gasteiger partial charge in [0.05, 0.1) is 11.8 Å². The second kappa shape index (κ2) is 8.83. The third kappa shape index (κ3) is 3.87. The molecule has 3 heteroatoms. The number of nitrogens with zero attached hydrogens (tertiary/aromatic N) is 2. The van der Waals surface area contributed by atoms with Crippen LogP contribution in [0.1, 0.15) is 94.2 Å². The van der Waals surface area contributed by atoms with Gasteiger partial charge >= 0.3 is 0 Å². The van der Waals surface area contributed by atoms with Crippen LogP contribution in [-0.4, -0.2) is 16.4 Å². The highest BCUT2D eigenvalue weighted by Gasteiger charge is 2.49. The summed E-state index contributed by atoms with van der Waals surface area (Å²) in [6, 6.07) is 19.7. The van der Waals surface area contributed by atoms with Crippen molar-refractivity contribution in [2.24, 2.45) is 5.10 Å². The van der Waals surface area contributed by atoms with Gasteiger partial charge in [0.25, 0.3) is 0 Å². The number of rotatable bonds is 1. The van der Waals surface area contributed by atoms with Crippen molar-refractivity contribution >= 4 is 5.71 Å². The van der Waals surface area contributed by atoms with Crippen LogP contribution in [0.15, 0.2) is 59.7 Å². The molecular weight excluding hydrogens is 368 g/mol. The van der Waals surface area contributed by atoms with E-state index < -0.39 is 0 Å². The van der Waals surface area contributed by atoms with Crippen LogP contribution in [0, 0.1) is 0 Å². The van der Waals surface area contributed by atoms with Crippen molar-refractivity contribution in [2.45, 2.75) is 88.8 Å². The molecule has 3 nitrogen and oxygen atoms in total. The zero-order valence-electron chi connectivity index (χ0n) is 18.1. The van der Waals surface area contributed by atoms with Crippen molar-refractivity contribution in [1.29, 1.82) is 0 Å². The van der Waals surface area contributed by atoms with Crippen molar-refractivity contribution in [2.75, 3.05) is 0 Å². The fraction of sp³-hybridized carbons (Fsp3) is 0.519. The maximum atomic E-state index is 6.88. The summed E-state index contributed by atoms with van der Waals surface area (Å²) < 4.78 is 6.88. The summed E-state index contributed by atoms with van der Waals surface area (Å²) in [6.07, 6.45) is 15.1. The predicted octanol–water partition coefficient (Wildman–Crippen LogP) is 7.23. The van der Waals surface area contributed by atoms with Crippen LogP contribution in [0.25, 0.3) is 0 Å².